The molecule has 0 saturated heterocycles. The quantitative estimate of drug-likeness (QED) is 0.778. The molecule has 2 nitrogen and oxygen atoms in total. The van der Waals surface area contributed by atoms with Crippen LogP contribution in [0.15, 0.2) is 24.3 Å². The molecular weight excluding hydrogens is 174 g/mol. The van der Waals surface area contributed by atoms with E-state index in [0.717, 1.165) is 12.8 Å². The summed E-state index contributed by atoms with van der Waals surface area (Å²) in [7, 11) is 1.68. The molecule has 1 aromatic rings. The van der Waals surface area contributed by atoms with Gasteiger partial charge in [-0.2, -0.15) is 0 Å². The minimum Gasteiger partial charge on any atom is -0.383 e. The fraction of sp³-hybridized carbons (Fsp3) is 0.500. The van der Waals surface area contributed by atoms with Gasteiger partial charge in [-0.3, -0.25) is 0 Å². The molecule has 2 heteroatoms. The van der Waals surface area contributed by atoms with Crippen molar-refractivity contribution in [3.63, 3.8) is 0 Å². The first kappa shape index (κ1) is 11.2. The van der Waals surface area contributed by atoms with Gasteiger partial charge in [0.2, 0.25) is 0 Å². The van der Waals surface area contributed by atoms with Crippen molar-refractivity contribution in [3.8, 4) is 0 Å². The Labute approximate surface area is 86.1 Å². The number of benzene rings is 1. The second kappa shape index (κ2) is 5.78. The van der Waals surface area contributed by atoms with Crippen LogP contribution in [0.5, 0.6) is 0 Å². The molecule has 1 rings (SSSR count). The van der Waals surface area contributed by atoms with Gasteiger partial charge in [0.25, 0.3) is 0 Å². The molecule has 0 aromatic heterocycles. The van der Waals surface area contributed by atoms with E-state index in [1.165, 1.54) is 11.1 Å². The highest BCUT2D eigenvalue weighted by atomic mass is 16.5. The Morgan fingerprint density at radius 1 is 1.36 bits per heavy atom. The third-order valence-electron chi connectivity index (χ3n) is 2.32. The molecule has 0 aliphatic rings. The molecule has 2 N–H and O–H groups in total. The first-order valence-corrected chi connectivity index (χ1v) is 5.12. The maximum Gasteiger partial charge on any atom is 0.0655 e. The second-order valence-corrected chi connectivity index (χ2v) is 3.51. The molecule has 0 heterocycles. The fourth-order valence-electron chi connectivity index (χ4n) is 1.66. The molecule has 1 unspecified atom stereocenters. The van der Waals surface area contributed by atoms with Crippen molar-refractivity contribution in [2.24, 2.45) is 5.73 Å². The summed E-state index contributed by atoms with van der Waals surface area (Å²) in [6.45, 7) is 2.76. The van der Waals surface area contributed by atoms with E-state index in [4.69, 9.17) is 10.5 Å². The van der Waals surface area contributed by atoms with Crippen LogP contribution in [0.1, 0.15) is 30.5 Å². The van der Waals surface area contributed by atoms with E-state index in [1.807, 2.05) is 6.07 Å². The van der Waals surface area contributed by atoms with Gasteiger partial charge in [0.15, 0.2) is 0 Å². The molecule has 0 radical (unpaired) electrons. The predicted octanol–water partition coefficient (Wildman–Crippen LogP) is 2.29. The van der Waals surface area contributed by atoms with Crippen molar-refractivity contribution >= 4 is 0 Å². The van der Waals surface area contributed by atoms with Gasteiger partial charge in [-0.25, -0.2) is 0 Å². The first-order valence-electron chi connectivity index (χ1n) is 5.12. The van der Waals surface area contributed by atoms with Crippen molar-refractivity contribution in [2.75, 3.05) is 13.7 Å². The number of hydrogen-bond donors (Lipinski definition) is 1. The van der Waals surface area contributed by atoms with Crippen LogP contribution in [-0.4, -0.2) is 13.7 Å². The van der Waals surface area contributed by atoms with Crippen LogP contribution >= 0.6 is 0 Å². The molecule has 0 aliphatic carbocycles. The van der Waals surface area contributed by atoms with Crippen LogP contribution in [0, 0.1) is 0 Å². The van der Waals surface area contributed by atoms with Crippen molar-refractivity contribution in [2.45, 2.75) is 25.8 Å². The Morgan fingerprint density at radius 2 is 2.07 bits per heavy atom. The van der Waals surface area contributed by atoms with E-state index in [9.17, 15) is 0 Å². The normalized spacial score (nSPS) is 12.8. The van der Waals surface area contributed by atoms with Crippen LogP contribution in [0.3, 0.4) is 0 Å². The summed E-state index contributed by atoms with van der Waals surface area (Å²) in [5, 5.41) is 0. The van der Waals surface area contributed by atoms with Gasteiger partial charge in [0.05, 0.1) is 12.6 Å². The minimum atomic E-state index is 0.00255. The van der Waals surface area contributed by atoms with Crippen LogP contribution in [-0.2, 0) is 11.2 Å². The fourth-order valence-corrected chi connectivity index (χ4v) is 1.66. The number of methoxy groups -OCH3 is 1. The minimum absolute atomic E-state index is 0.00255. The molecule has 0 bridgehead atoms. The smallest absolute Gasteiger partial charge is 0.0655 e. The zero-order chi connectivity index (χ0) is 10.4. The Balaban J connectivity index is 2.82. The Bertz CT molecular complexity index is 273. The van der Waals surface area contributed by atoms with Gasteiger partial charge in [0.1, 0.15) is 0 Å². The molecule has 0 amide bonds. The highest BCUT2D eigenvalue weighted by Crippen LogP contribution is 2.17. The lowest BCUT2D eigenvalue weighted by Gasteiger charge is -2.15. The maximum absolute atomic E-state index is 6.01. The van der Waals surface area contributed by atoms with Gasteiger partial charge in [-0.05, 0) is 17.5 Å². The van der Waals surface area contributed by atoms with E-state index < -0.39 is 0 Å². The zero-order valence-electron chi connectivity index (χ0n) is 8.99. The number of hydrogen-bond acceptors (Lipinski definition) is 2. The zero-order valence-corrected chi connectivity index (χ0v) is 8.99. The van der Waals surface area contributed by atoms with Crippen LogP contribution in [0.25, 0.3) is 0 Å². The molecular formula is C12H19NO. The molecule has 0 fully saturated rings. The van der Waals surface area contributed by atoms with Crippen molar-refractivity contribution in [3.05, 3.63) is 35.4 Å². The molecule has 0 saturated carbocycles. The maximum atomic E-state index is 6.01. The summed E-state index contributed by atoms with van der Waals surface area (Å²) in [6.07, 6.45) is 2.24. The molecule has 1 aromatic carbocycles. The van der Waals surface area contributed by atoms with Gasteiger partial charge < -0.3 is 10.5 Å². The van der Waals surface area contributed by atoms with E-state index in [-0.39, 0.29) is 6.04 Å². The Kier molecular flexibility index (Phi) is 4.63. The van der Waals surface area contributed by atoms with E-state index in [1.54, 1.807) is 7.11 Å². The van der Waals surface area contributed by atoms with Crippen LogP contribution < -0.4 is 5.73 Å². The third-order valence-corrected chi connectivity index (χ3v) is 2.32. The first-order chi connectivity index (χ1) is 6.79. The van der Waals surface area contributed by atoms with Gasteiger partial charge in [0, 0.05) is 7.11 Å². The topological polar surface area (TPSA) is 35.2 Å². The monoisotopic (exact) mass is 193 g/mol. The summed E-state index contributed by atoms with van der Waals surface area (Å²) < 4.78 is 5.07. The average molecular weight is 193 g/mol. The SMILES string of the molecule is CCCc1ccccc1C(N)COC. The largest absolute Gasteiger partial charge is 0.383 e. The highest BCUT2D eigenvalue weighted by molar-refractivity contribution is 5.30. The summed E-state index contributed by atoms with van der Waals surface area (Å²) in [4.78, 5) is 0. The Hall–Kier alpha value is -0.860. The summed E-state index contributed by atoms with van der Waals surface area (Å²) >= 11 is 0. The lowest BCUT2D eigenvalue weighted by molar-refractivity contribution is 0.180. The molecule has 1 atom stereocenters. The molecule has 0 aliphatic heterocycles. The van der Waals surface area contributed by atoms with Gasteiger partial charge in [-0.1, -0.05) is 37.6 Å². The van der Waals surface area contributed by atoms with E-state index in [0.29, 0.717) is 6.61 Å². The standard InChI is InChI=1S/C12H19NO/c1-3-6-10-7-4-5-8-11(10)12(13)9-14-2/h4-5,7-8,12H,3,6,9,13H2,1-2H3. The average Bonchev–Trinajstić information content (AvgIpc) is 2.19. The van der Waals surface area contributed by atoms with Gasteiger partial charge >= 0.3 is 0 Å². The molecule has 78 valence electrons. The summed E-state index contributed by atoms with van der Waals surface area (Å²) in [5.41, 5.74) is 8.58. The lowest BCUT2D eigenvalue weighted by atomic mass is 9.98. The number of aryl methyl sites for hydroxylation is 1. The van der Waals surface area contributed by atoms with Crippen molar-refractivity contribution in [1.29, 1.82) is 0 Å². The lowest BCUT2D eigenvalue weighted by Crippen LogP contribution is -2.17. The van der Waals surface area contributed by atoms with Crippen LogP contribution in [0.2, 0.25) is 0 Å². The number of nitrogens with two attached hydrogens (primary N) is 1. The predicted molar refractivity (Wildman–Crippen MR) is 59.2 cm³/mol. The van der Waals surface area contributed by atoms with E-state index >= 15 is 0 Å². The number of rotatable bonds is 5. The molecule has 14 heavy (non-hydrogen) atoms. The highest BCUT2D eigenvalue weighted by Gasteiger charge is 2.09. The van der Waals surface area contributed by atoms with Crippen LogP contribution in [0.4, 0.5) is 0 Å². The van der Waals surface area contributed by atoms with Crippen molar-refractivity contribution < 1.29 is 4.74 Å². The van der Waals surface area contributed by atoms with E-state index in [2.05, 4.69) is 25.1 Å². The molecule has 0 spiro atoms. The van der Waals surface area contributed by atoms with Gasteiger partial charge in [-0.15, -0.1) is 0 Å². The number of ether oxygens (including phenoxy) is 1. The summed E-state index contributed by atoms with van der Waals surface area (Å²) in [5.74, 6) is 0. The van der Waals surface area contributed by atoms with Crippen molar-refractivity contribution in [1.82, 2.24) is 0 Å². The summed E-state index contributed by atoms with van der Waals surface area (Å²) in [6, 6.07) is 8.34. The Morgan fingerprint density at radius 3 is 2.71 bits per heavy atom. The third kappa shape index (κ3) is 2.82. The second-order valence-electron chi connectivity index (χ2n) is 3.51.